The van der Waals surface area contributed by atoms with E-state index in [1.54, 1.807) is 0 Å². The second-order valence-corrected chi connectivity index (χ2v) is 7.18. The van der Waals surface area contributed by atoms with Crippen molar-refractivity contribution in [3.8, 4) is 0 Å². The normalized spacial score (nSPS) is 11.0. The summed E-state index contributed by atoms with van der Waals surface area (Å²) in [5, 5.41) is 13.6. The van der Waals surface area contributed by atoms with Gasteiger partial charge in [-0.25, -0.2) is 12.2 Å². The van der Waals surface area contributed by atoms with Crippen molar-refractivity contribution in [1.82, 2.24) is 0 Å². The van der Waals surface area contributed by atoms with Crippen LogP contribution in [0.5, 0.6) is 0 Å². The quantitative estimate of drug-likeness (QED) is 0.474. The molecule has 0 spiro atoms. The van der Waals surface area contributed by atoms with E-state index in [1.807, 2.05) is 19.1 Å². The number of aliphatic hydroxyl groups is 1. The Labute approximate surface area is 188 Å². The third-order valence-electron chi connectivity index (χ3n) is 3.52. The summed E-state index contributed by atoms with van der Waals surface area (Å²) in [5.41, 5.74) is 0. The molecule has 0 amide bonds. The molecule has 0 aliphatic heterocycles. The van der Waals surface area contributed by atoms with E-state index in [-0.39, 0.29) is 31.4 Å². The number of hydrogen-bond donors (Lipinski definition) is 1. The third kappa shape index (κ3) is 9.19. The fraction of sp³-hybridized carbons (Fsp3) is 0.182. The van der Waals surface area contributed by atoms with Crippen LogP contribution in [-0.4, -0.2) is 21.7 Å². The number of allylic oxidation sites excluding steroid dienone is 4. The molecule has 1 aliphatic rings. The van der Waals surface area contributed by atoms with E-state index in [9.17, 15) is 0 Å². The maximum Gasteiger partial charge on any atom is -0.0771 e. The molecule has 0 radical (unpaired) electrons. The molecule has 0 fully saturated rings. The Balaban J connectivity index is 0.000000416. The molecule has 0 atom stereocenters. The van der Waals surface area contributed by atoms with Crippen molar-refractivity contribution in [2.24, 2.45) is 0 Å². The number of fused-ring (bicyclic) bond motifs is 3. The van der Waals surface area contributed by atoms with Crippen LogP contribution in [0.2, 0.25) is 0 Å². The van der Waals surface area contributed by atoms with Crippen LogP contribution in [0.1, 0.15) is 13.3 Å². The summed E-state index contributed by atoms with van der Waals surface area (Å²) >= 11 is 1.28. The smallest absolute Gasteiger partial charge is 0.0771 e. The summed E-state index contributed by atoms with van der Waals surface area (Å²) in [4.78, 5) is 0. The zero-order chi connectivity index (χ0) is 17.9. The van der Waals surface area contributed by atoms with Gasteiger partial charge in [-0.3, -0.25) is 6.08 Å². The van der Waals surface area contributed by atoms with E-state index in [2.05, 4.69) is 66.7 Å². The SMILES string of the molecule is C[C](=[Zr+2])OCCO.[C-]1=CC=CC1.[Cl-].[Cl-].c1ccc2c(c1)[cH-]c1ccccc12. The molecule has 0 saturated heterocycles. The van der Waals surface area contributed by atoms with Crippen LogP contribution in [0.3, 0.4) is 0 Å². The van der Waals surface area contributed by atoms with Crippen LogP contribution in [-0.2, 0) is 29.0 Å². The Bertz CT molecular complexity index is 809. The van der Waals surface area contributed by atoms with E-state index in [0.717, 1.165) is 9.81 Å². The van der Waals surface area contributed by atoms with E-state index >= 15 is 0 Å². The van der Waals surface area contributed by atoms with E-state index in [4.69, 9.17) is 9.84 Å². The molecule has 3 aromatic carbocycles. The molecule has 1 aliphatic carbocycles. The maximum atomic E-state index is 8.19. The maximum absolute atomic E-state index is 8.19. The zero-order valence-corrected chi connectivity index (χ0v) is 19.1. The van der Waals surface area contributed by atoms with E-state index in [0.29, 0.717) is 6.61 Å². The van der Waals surface area contributed by atoms with Gasteiger partial charge in [0.25, 0.3) is 0 Å². The van der Waals surface area contributed by atoms with Gasteiger partial charge in [0.05, 0.1) is 0 Å². The predicted molar refractivity (Wildman–Crippen MR) is 102 cm³/mol. The first-order valence-corrected chi connectivity index (χ1v) is 9.49. The molecule has 0 aromatic heterocycles. The van der Waals surface area contributed by atoms with Crippen LogP contribution in [0, 0.1) is 6.08 Å². The fourth-order valence-electron chi connectivity index (χ4n) is 2.44. The zero-order valence-electron chi connectivity index (χ0n) is 15.2. The fourth-order valence-corrected chi connectivity index (χ4v) is 2.69. The molecular weight excluding hydrogens is 458 g/mol. The van der Waals surface area contributed by atoms with Crippen molar-refractivity contribution in [3.05, 3.63) is 78.9 Å². The number of ether oxygens (including phenoxy) is 1. The summed E-state index contributed by atoms with van der Waals surface area (Å²) in [6.45, 7) is 2.46. The molecule has 0 unspecified atom stereocenters. The van der Waals surface area contributed by atoms with Gasteiger partial charge in [-0.15, -0.1) is 46.2 Å². The Morgan fingerprint density at radius 3 is 1.96 bits per heavy atom. The molecule has 0 saturated carbocycles. The number of halogens is 2. The van der Waals surface area contributed by atoms with Crippen molar-refractivity contribution in [2.75, 3.05) is 13.2 Å². The van der Waals surface area contributed by atoms with Crippen LogP contribution < -0.4 is 24.8 Å². The predicted octanol–water partition coefficient (Wildman–Crippen LogP) is -1.28. The minimum absolute atomic E-state index is 0. The second-order valence-electron chi connectivity index (χ2n) is 5.45. The molecule has 142 valence electrons. The molecule has 0 heterocycles. The van der Waals surface area contributed by atoms with Gasteiger partial charge in [0, 0.05) is 0 Å². The first-order chi connectivity index (χ1) is 12.2. The van der Waals surface area contributed by atoms with Gasteiger partial charge in [0.2, 0.25) is 0 Å². The summed E-state index contributed by atoms with van der Waals surface area (Å²) in [6, 6.07) is 19.3. The first-order valence-electron chi connectivity index (χ1n) is 8.26. The standard InChI is InChI=1S/C13H9.C5H5.C4H8O2.2ClH.Zr/c1-3-7-12-10(5-1)9-11-6-2-4-8-13(11)12;1-2-4-5-3-1;1-2-6-4-3-5;;;/h1-9H;1-3H,4H2;5H,3-4H2,1H3;2*1H;/q2*-1;;;;+2/p-2. The van der Waals surface area contributed by atoms with Crippen molar-refractivity contribution < 1.29 is 58.9 Å². The number of benzene rings is 2. The average molecular weight is 481 g/mol. The Morgan fingerprint density at radius 1 is 1.07 bits per heavy atom. The molecule has 3 aromatic rings. The average Bonchev–Trinajstić information content (AvgIpc) is 3.31. The minimum atomic E-state index is 0. The summed E-state index contributed by atoms with van der Waals surface area (Å²) in [7, 11) is 0. The molecular formula is C22H22Cl2O2Zr-2. The first kappa shape index (κ1) is 26.0. The monoisotopic (exact) mass is 478 g/mol. The van der Waals surface area contributed by atoms with Gasteiger partial charge >= 0.3 is 57.6 Å². The van der Waals surface area contributed by atoms with E-state index in [1.165, 1.54) is 45.8 Å². The Hall–Kier alpha value is -0.957. The Morgan fingerprint density at radius 2 is 1.63 bits per heavy atom. The molecule has 1 N–H and O–H groups in total. The topological polar surface area (TPSA) is 29.5 Å². The van der Waals surface area contributed by atoms with Gasteiger partial charge in [0.1, 0.15) is 0 Å². The summed E-state index contributed by atoms with van der Waals surface area (Å²) in [6.07, 6.45) is 10.0. The van der Waals surface area contributed by atoms with Gasteiger partial charge in [-0.1, -0.05) is 36.4 Å². The summed E-state index contributed by atoms with van der Waals surface area (Å²) in [5.74, 6) is 0. The van der Waals surface area contributed by atoms with Gasteiger partial charge in [0.15, 0.2) is 0 Å². The second kappa shape index (κ2) is 15.0. The van der Waals surface area contributed by atoms with E-state index < -0.39 is 0 Å². The molecule has 0 bridgehead atoms. The Kier molecular flexibility index (Phi) is 14.5. The minimum Gasteiger partial charge on any atom is -1.00 e. The summed E-state index contributed by atoms with van der Waals surface area (Å²) < 4.78 is 5.88. The molecule has 27 heavy (non-hydrogen) atoms. The van der Waals surface area contributed by atoms with Gasteiger partial charge in [-0.05, 0) is 0 Å². The van der Waals surface area contributed by atoms with Crippen LogP contribution in [0.25, 0.3) is 21.5 Å². The molecule has 5 heteroatoms. The number of hydrogen-bond acceptors (Lipinski definition) is 2. The van der Waals surface area contributed by atoms with Gasteiger partial charge in [-0.2, -0.15) is 6.08 Å². The van der Waals surface area contributed by atoms with Crippen LogP contribution >= 0.6 is 0 Å². The number of aliphatic hydroxyl groups excluding tert-OH is 1. The largest absolute Gasteiger partial charge is 1.00 e. The van der Waals surface area contributed by atoms with Crippen LogP contribution in [0.15, 0.2) is 72.8 Å². The van der Waals surface area contributed by atoms with Gasteiger partial charge < -0.3 is 24.8 Å². The van der Waals surface area contributed by atoms with Crippen molar-refractivity contribution in [1.29, 1.82) is 0 Å². The molecule has 2 nitrogen and oxygen atoms in total. The number of rotatable bonds is 3. The van der Waals surface area contributed by atoms with Crippen molar-refractivity contribution >= 4 is 24.9 Å². The molecule has 4 rings (SSSR count). The van der Waals surface area contributed by atoms with Crippen LogP contribution in [0.4, 0.5) is 0 Å². The van der Waals surface area contributed by atoms with Crippen molar-refractivity contribution in [2.45, 2.75) is 13.3 Å². The van der Waals surface area contributed by atoms with Crippen molar-refractivity contribution in [3.63, 3.8) is 0 Å². The third-order valence-corrected chi connectivity index (χ3v) is 3.87.